The zero-order chi connectivity index (χ0) is 20.1. The lowest BCUT2D eigenvalue weighted by Crippen LogP contribution is -2.26. The van der Waals surface area contributed by atoms with Gasteiger partial charge >= 0.3 is 0 Å². The summed E-state index contributed by atoms with van der Waals surface area (Å²) in [4.78, 5) is 25.6. The van der Waals surface area contributed by atoms with Gasteiger partial charge in [0.15, 0.2) is 0 Å². The third-order valence-corrected chi connectivity index (χ3v) is 6.48. The molecule has 0 saturated carbocycles. The van der Waals surface area contributed by atoms with Crippen molar-refractivity contribution in [3.63, 3.8) is 0 Å². The summed E-state index contributed by atoms with van der Waals surface area (Å²) < 4.78 is 25.1. The molecule has 0 aliphatic rings. The molecule has 10 heteroatoms. The van der Waals surface area contributed by atoms with E-state index in [-0.39, 0.29) is 17.3 Å². The first-order chi connectivity index (χ1) is 13.4. The Bertz CT molecular complexity index is 1050. The first kappa shape index (κ1) is 20.1. The minimum absolute atomic E-state index is 0.0373. The van der Waals surface area contributed by atoms with Gasteiger partial charge in [-0.05, 0) is 36.4 Å². The lowest BCUT2D eigenvalue weighted by Gasteiger charge is -2.14. The van der Waals surface area contributed by atoms with Crippen LogP contribution >= 0.6 is 11.3 Å². The summed E-state index contributed by atoms with van der Waals surface area (Å²) in [6.07, 6.45) is 3.40. The fourth-order valence-electron chi connectivity index (χ4n) is 2.33. The predicted molar refractivity (Wildman–Crippen MR) is 105 cm³/mol. The van der Waals surface area contributed by atoms with E-state index in [1.165, 1.54) is 49.8 Å². The van der Waals surface area contributed by atoms with E-state index in [1.54, 1.807) is 12.4 Å². The number of pyridine rings is 1. The van der Waals surface area contributed by atoms with Crippen molar-refractivity contribution in [1.82, 2.24) is 19.8 Å². The number of carbonyl (C=O) groups excluding carboxylic acids is 1. The van der Waals surface area contributed by atoms with Crippen molar-refractivity contribution in [3.8, 4) is 11.3 Å². The number of aromatic nitrogens is 2. The van der Waals surface area contributed by atoms with Crippen LogP contribution in [0.4, 0.5) is 0 Å². The molecule has 1 aromatic carbocycles. The Morgan fingerprint density at radius 2 is 1.86 bits per heavy atom. The Hall–Kier alpha value is -2.66. The molecule has 0 spiro atoms. The molecule has 0 fully saturated rings. The molecule has 1 amide bonds. The highest BCUT2D eigenvalue weighted by atomic mass is 32.2. The number of hydrogen-bond acceptors (Lipinski definition) is 7. The lowest BCUT2D eigenvalue weighted by atomic mass is 10.2. The quantitative estimate of drug-likeness (QED) is 0.591. The van der Waals surface area contributed by atoms with E-state index < -0.39 is 10.0 Å². The molecular weight excluding hydrogens is 400 g/mol. The molecule has 0 aliphatic carbocycles. The zero-order valence-electron chi connectivity index (χ0n) is 15.2. The number of carbonyl (C=O) groups is 1. The van der Waals surface area contributed by atoms with Crippen molar-refractivity contribution in [2.24, 2.45) is 0 Å². The molecule has 0 saturated heterocycles. The molecular formula is C18H18N4O4S2. The third kappa shape index (κ3) is 4.42. The van der Waals surface area contributed by atoms with Gasteiger partial charge in [-0.2, -0.15) is 0 Å². The maximum atomic E-state index is 12.3. The first-order valence-corrected chi connectivity index (χ1v) is 10.5. The van der Waals surface area contributed by atoms with Crippen LogP contribution in [0.2, 0.25) is 0 Å². The average molecular weight is 419 g/mol. The molecule has 3 aromatic rings. The van der Waals surface area contributed by atoms with Crippen LogP contribution in [-0.4, -0.2) is 42.9 Å². The van der Waals surface area contributed by atoms with Crippen LogP contribution in [0, 0.1) is 0 Å². The van der Waals surface area contributed by atoms with Gasteiger partial charge in [-0.3, -0.25) is 14.6 Å². The molecule has 0 aliphatic heterocycles. The highest BCUT2D eigenvalue weighted by Gasteiger charge is 2.21. The SMILES string of the molecule is CON(C)S(=O)(=O)c1ccc(C(=O)NCc2nc(-c3ccncc3)cs2)cc1. The average Bonchev–Trinajstić information content (AvgIpc) is 3.21. The van der Waals surface area contributed by atoms with Gasteiger partial charge in [0, 0.05) is 35.9 Å². The number of sulfonamides is 1. The molecule has 1 N–H and O–H groups in total. The molecule has 0 radical (unpaired) electrons. The summed E-state index contributed by atoms with van der Waals surface area (Å²) >= 11 is 1.45. The third-order valence-electron chi connectivity index (χ3n) is 3.94. The van der Waals surface area contributed by atoms with Gasteiger partial charge in [-0.15, -0.1) is 11.3 Å². The van der Waals surface area contributed by atoms with Crippen LogP contribution < -0.4 is 5.32 Å². The second-order valence-electron chi connectivity index (χ2n) is 5.67. The number of thiazole rings is 1. The smallest absolute Gasteiger partial charge is 0.264 e. The van der Waals surface area contributed by atoms with Crippen LogP contribution in [0.3, 0.4) is 0 Å². The largest absolute Gasteiger partial charge is 0.346 e. The number of amides is 1. The van der Waals surface area contributed by atoms with Crippen molar-refractivity contribution in [1.29, 1.82) is 0 Å². The van der Waals surface area contributed by atoms with Crippen molar-refractivity contribution < 1.29 is 18.0 Å². The summed E-state index contributed by atoms with van der Waals surface area (Å²) in [5.74, 6) is -0.315. The minimum Gasteiger partial charge on any atom is -0.346 e. The number of nitrogens with one attached hydrogen (secondary N) is 1. The maximum absolute atomic E-state index is 12.3. The second-order valence-corrected chi connectivity index (χ2v) is 8.55. The Morgan fingerprint density at radius 3 is 2.50 bits per heavy atom. The molecule has 146 valence electrons. The number of hydrogen-bond donors (Lipinski definition) is 1. The second kappa shape index (κ2) is 8.57. The van der Waals surface area contributed by atoms with Gasteiger partial charge in [-0.25, -0.2) is 13.4 Å². The van der Waals surface area contributed by atoms with Crippen LogP contribution in [0.15, 0.2) is 59.1 Å². The highest BCUT2D eigenvalue weighted by molar-refractivity contribution is 7.89. The number of nitrogens with zero attached hydrogens (tertiary/aromatic N) is 3. The molecule has 28 heavy (non-hydrogen) atoms. The van der Waals surface area contributed by atoms with Crippen LogP contribution in [0.25, 0.3) is 11.3 Å². The van der Waals surface area contributed by atoms with E-state index in [9.17, 15) is 13.2 Å². The van der Waals surface area contributed by atoms with Gasteiger partial charge < -0.3 is 5.32 Å². The van der Waals surface area contributed by atoms with E-state index in [2.05, 4.69) is 15.3 Å². The van der Waals surface area contributed by atoms with Gasteiger partial charge in [0.05, 0.1) is 24.2 Å². The Balaban J connectivity index is 1.64. The lowest BCUT2D eigenvalue weighted by molar-refractivity contribution is -0.0258. The fraction of sp³-hybridized carbons (Fsp3) is 0.167. The van der Waals surface area contributed by atoms with Crippen molar-refractivity contribution in [2.75, 3.05) is 14.2 Å². The van der Waals surface area contributed by atoms with Gasteiger partial charge in [0.2, 0.25) is 0 Å². The number of rotatable bonds is 7. The van der Waals surface area contributed by atoms with Crippen molar-refractivity contribution >= 4 is 27.3 Å². The standard InChI is InChI=1S/C18H18N4O4S2/c1-22(26-2)28(24,25)15-5-3-14(4-6-15)18(23)20-11-17-21-16(12-27-17)13-7-9-19-10-8-13/h3-10,12H,11H2,1-2H3,(H,20,23). The first-order valence-electron chi connectivity index (χ1n) is 8.18. The number of hydroxylamine groups is 1. The summed E-state index contributed by atoms with van der Waals surface area (Å²) in [5, 5.41) is 5.47. The van der Waals surface area contributed by atoms with Gasteiger partial charge in [-0.1, -0.05) is 4.47 Å². The minimum atomic E-state index is -3.74. The molecule has 0 bridgehead atoms. The Kier molecular flexibility index (Phi) is 6.15. The summed E-state index contributed by atoms with van der Waals surface area (Å²) in [6, 6.07) is 9.38. The summed E-state index contributed by atoms with van der Waals surface area (Å²) in [5.41, 5.74) is 2.14. The molecule has 0 unspecified atom stereocenters. The van der Waals surface area contributed by atoms with E-state index in [0.29, 0.717) is 5.56 Å². The van der Waals surface area contributed by atoms with E-state index in [4.69, 9.17) is 4.84 Å². The summed E-state index contributed by atoms with van der Waals surface area (Å²) in [7, 11) is -1.19. The predicted octanol–water partition coefficient (Wildman–Crippen LogP) is 2.32. The fourth-order valence-corrected chi connectivity index (χ4v) is 4.05. The van der Waals surface area contributed by atoms with Crippen LogP contribution in [-0.2, 0) is 21.4 Å². The molecule has 8 nitrogen and oxygen atoms in total. The molecule has 3 rings (SSSR count). The highest BCUT2D eigenvalue weighted by Crippen LogP contribution is 2.21. The van der Waals surface area contributed by atoms with Crippen LogP contribution in [0.5, 0.6) is 0 Å². The Labute approximate surface area is 166 Å². The normalized spacial score (nSPS) is 11.5. The number of benzene rings is 1. The van der Waals surface area contributed by atoms with E-state index in [1.807, 2.05) is 17.5 Å². The topological polar surface area (TPSA) is 101 Å². The van der Waals surface area contributed by atoms with Crippen LogP contribution in [0.1, 0.15) is 15.4 Å². The maximum Gasteiger partial charge on any atom is 0.264 e. The molecule has 2 heterocycles. The molecule has 0 atom stereocenters. The Morgan fingerprint density at radius 1 is 1.18 bits per heavy atom. The van der Waals surface area contributed by atoms with E-state index >= 15 is 0 Å². The zero-order valence-corrected chi connectivity index (χ0v) is 16.8. The van der Waals surface area contributed by atoms with E-state index in [0.717, 1.165) is 20.7 Å². The monoisotopic (exact) mass is 418 g/mol. The summed E-state index contributed by atoms with van der Waals surface area (Å²) in [6.45, 7) is 0.279. The van der Waals surface area contributed by atoms with Gasteiger partial charge in [0.1, 0.15) is 5.01 Å². The van der Waals surface area contributed by atoms with Gasteiger partial charge in [0.25, 0.3) is 15.9 Å². The molecule has 2 aromatic heterocycles. The van der Waals surface area contributed by atoms with Crippen molar-refractivity contribution in [2.45, 2.75) is 11.4 Å². The van der Waals surface area contributed by atoms with Crippen molar-refractivity contribution in [3.05, 3.63) is 64.7 Å².